The Bertz CT molecular complexity index is 830. The molecule has 0 saturated carbocycles. The van der Waals surface area contributed by atoms with Crippen LogP contribution in [0.5, 0.6) is 0 Å². The van der Waals surface area contributed by atoms with Crippen LogP contribution in [0.4, 0.5) is 20.2 Å². The standard InChI is InChI=1S/C13H10F2N6O/c14-7-2-3-8(16)11(15)12(7)19-10(22)6-9-18-13-17-4-1-5-21(13)20-9/h1-5H,6,16H2,(H,19,22). The summed E-state index contributed by atoms with van der Waals surface area (Å²) in [6.07, 6.45) is 2.90. The number of anilines is 2. The minimum Gasteiger partial charge on any atom is -0.396 e. The van der Waals surface area contributed by atoms with Gasteiger partial charge in [0.25, 0.3) is 5.78 Å². The third kappa shape index (κ3) is 2.55. The van der Waals surface area contributed by atoms with E-state index in [1.807, 2.05) is 0 Å². The zero-order chi connectivity index (χ0) is 15.7. The summed E-state index contributed by atoms with van der Waals surface area (Å²) in [5.74, 6) is -2.09. The molecule has 3 rings (SSSR count). The van der Waals surface area contributed by atoms with Gasteiger partial charge in [-0.15, -0.1) is 5.10 Å². The molecule has 2 heterocycles. The molecule has 3 N–H and O–H groups in total. The molecule has 0 fully saturated rings. The molecule has 0 bridgehead atoms. The second-order valence-electron chi connectivity index (χ2n) is 4.44. The largest absolute Gasteiger partial charge is 0.396 e. The number of rotatable bonds is 3. The number of hydrogen-bond donors (Lipinski definition) is 2. The van der Waals surface area contributed by atoms with E-state index >= 15 is 0 Å². The summed E-state index contributed by atoms with van der Waals surface area (Å²) in [6.45, 7) is 0. The number of nitrogens with one attached hydrogen (secondary N) is 1. The molecule has 2 aromatic heterocycles. The highest BCUT2D eigenvalue weighted by molar-refractivity contribution is 5.92. The molecule has 0 aliphatic heterocycles. The molecule has 22 heavy (non-hydrogen) atoms. The van der Waals surface area contributed by atoms with Crippen molar-refractivity contribution in [2.45, 2.75) is 6.42 Å². The first-order chi connectivity index (χ1) is 10.5. The fraction of sp³-hybridized carbons (Fsp3) is 0.0769. The third-order valence-corrected chi connectivity index (χ3v) is 2.86. The summed E-state index contributed by atoms with van der Waals surface area (Å²) < 4.78 is 28.6. The highest BCUT2D eigenvalue weighted by Gasteiger charge is 2.16. The summed E-state index contributed by atoms with van der Waals surface area (Å²) in [5, 5.41) is 6.16. The van der Waals surface area contributed by atoms with Crippen LogP contribution in [0.15, 0.2) is 30.6 Å². The van der Waals surface area contributed by atoms with Crippen molar-refractivity contribution in [2.24, 2.45) is 0 Å². The Labute approximate surface area is 122 Å². The summed E-state index contributed by atoms with van der Waals surface area (Å²) in [7, 11) is 0. The van der Waals surface area contributed by atoms with E-state index in [-0.39, 0.29) is 17.9 Å². The van der Waals surface area contributed by atoms with Gasteiger partial charge in [-0.05, 0) is 18.2 Å². The number of nitrogens with zero attached hydrogens (tertiary/aromatic N) is 4. The lowest BCUT2D eigenvalue weighted by Gasteiger charge is -2.08. The van der Waals surface area contributed by atoms with Crippen LogP contribution in [0.2, 0.25) is 0 Å². The highest BCUT2D eigenvalue weighted by atomic mass is 19.1. The van der Waals surface area contributed by atoms with Crippen LogP contribution in [-0.2, 0) is 11.2 Å². The van der Waals surface area contributed by atoms with Gasteiger partial charge in [-0.25, -0.2) is 18.3 Å². The van der Waals surface area contributed by atoms with E-state index in [0.29, 0.717) is 5.78 Å². The fourth-order valence-corrected chi connectivity index (χ4v) is 1.86. The molecule has 0 atom stereocenters. The molecule has 0 unspecified atom stereocenters. The molecule has 7 nitrogen and oxygen atoms in total. The number of amides is 1. The summed E-state index contributed by atoms with van der Waals surface area (Å²) in [6, 6.07) is 3.71. The SMILES string of the molecule is Nc1ccc(F)c(NC(=O)Cc2nc3ncccn3n2)c1F. The van der Waals surface area contributed by atoms with Crippen LogP contribution >= 0.6 is 0 Å². The van der Waals surface area contributed by atoms with Gasteiger partial charge in [0.15, 0.2) is 11.6 Å². The van der Waals surface area contributed by atoms with Gasteiger partial charge in [-0.1, -0.05) is 0 Å². The van der Waals surface area contributed by atoms with Gasteiger partial charge in [0.05, 0.1) is 12.1 Å². The van der Waals surface area contributed by atoms with Crippen LogP contribution < -0.4 is 11.1 Å². The molecule has 0 radical (unpaired) electrons. The molecule has 9 heteroatoms. The molecule has 112 valence electrons. The van der Waals surface area contributed by atoms with Crippen LogP contribution in [0.3, 0.4) is 0 Å². The average Bonchev–Trinajstić information content (AvgIpc) is 2.89. The Kier molecular flexibility index (Phi) is 3.37. The van der Waals surface area contributed by atoms with Gasteiger partial charge in [0, 0.05) is 12.4 Å². The maximum absolute atomic E-state index is 13.7. The van der Waals surface area contributed by atoms with E-state index in [9.17, 15) is 13.6 Å². The van der Waals surface area contributed by atoms with Gasteiger partial charge < -0.3 is 11.1 Å². The summed E-state index contributed by atoms with van der Waals surface area (Å²) in [4.78, 5) is 19.9. The fourth-order valence-electron chi connectivity index (χ4n) is 1.86. The number of fused-ring (bicyclic) bond motifs is 1. The molecule has 0 spiro atoms. The smallest absolute Gasteiger partial charge is 0.252 e. The topological polar surface area (TPSA) is 98.2 Å². The number of aromatic nitrogens is 4. The van der Waals surface area contributed by atoms with Crippen molar-refractivity contribution in [1.29, 1.82) is 0 Å². The second kappa shape index (κ2) is 5.35. The molecular formula is C13H10F2N6O. The summed E-state index contributed by atoms with van der Waals surface area (Å²) in [5.41, 5.74) is 4.49. The van der Waals surface area contributed by atoms with Crippen LogP contribution in [0.25, 0.3) is 5.78 Å². The lowest BCUT2D eigenvalue weighted by atomic mass is 10.2. The Balaban J connectivity index is 1.79. The highest BCUT2D eigenvalue weighted by Crippen LogP contribution is 2.23. The van der Waals surface area contributed by atoms with Gasteiger partial charge in [0.1, 0.15) is 11.5 Å². The van der Waals surface area contributed by atoms with Gasteiger partial charge in [0.2, 0.25) is 5.91 Å². The molecule has 0 aliphatic rings. The number of nitrogens with two attached hydrogens (primary N) is 1. The number of carbonyl (C=O) groups excluding carboxylic acids is 1. The Morgan fingerprint density at radius 2 is 2.18 bits per heavy atom. The van der Waals surface area contributed by atoms with Crippen molar-refractivity contribution >= 4 is 23.1 Å². The molecule has 0 aliphatic carbocycles. The van der Waals surface area contributed by atoms with E-state index in [4.69, 9.17) is 5.73 Å². The monoisotopic (exact) mass is 304 g/mol. The Morgan fingerprint density at radius 1 is 1.36 bits per heavy atom. The maximum atomic E-state index is 13.7. The second-order valence-corrected chi connectivity index (χ2v) is 4.44. The van der Waals surface area contributed by atoms with Crippen LogP contribution in [0, 0.1) is 11.6 Å². The minimum absolute atomic E-state index is 0.181. The maximum Gasteiger partial charge on any atom is 0.252 e. The number of nitrogen functional groups attached to an aromatic ring is 1. The van der Waals surface area contributed by atoms with E-state index in [1.54, 1.807) is 12.3 Å². The van der Waals surface area contributed by atoms with Crippen molar-refractivity contribution in [1.82, 2.24) is 19.6 Å². The number of carbonyl (C=O) groups is 1. The van der Waals surface area contributed by atoms with Crippen molar-refractivity contribution < 1.29 is 13.6 Å². The van der Waals surface area contributed by atoms with Crippen LogP contribution in [0.1, 0.15) is 5.82 Å². The molecule has 1 amide bonds. The normalized spacial score (nSPS) is 10.8. The lowest BCUT2D eigenvalue weighted by molar-refractivity contribution is -0.115. The first-order valence-electron chi connectivity index (χ1n) is 6.24. The quantitative estimate of drug-likeness (QED) is 0.708. The molecule has 3 aromatic rings. The van der Waals surface area contributed by atoms with Crippen molar-refractivity contribution in [2.75, 3.05) is 11.1 Å². The first kappa shape index (κ1) is 13.9. The van der Waals surface area contributed by atoms with Crippen LogP contribution in [-0.4, -0.2) is 25.5 Å². The zero-order valence-corrected chi connectivity index (χ0v) is 11.1. The van der Waals surface area contributed by atoms with Crippen molar-refractivity contribution in [3.8, 4) is 0 Å². The Morgan fingerprint density at radius 3 is 2.95 bits per heavy atom. The molecule has 0 saturated heterocycles. The van der Waals surface area contributed by atoms with Crippen molar-refractivity contribution in [3.05, 3.63) is 48.1 Å². The van der Waals surface area contributed by atoms with Gasteiger partial charge in [-0.3, -0.25) is 4.79 Å². The van der Waals surface area contributed by atoms with E-state index in [1.165, 1.54) is 10.7 Å². The Hall–Kier alpha value is -3.10. The number of hydrogen-bond acceptors (Lipinski definition) is 5. The summed E-state index contributed by atoms with van der Waals surface area (Å²) >= 11 is 0. The first-order valence-corrected chi connectivity index (χ1v) is 6.24. The average molecular weight is 304 g/mol. The van der Waals surface area contributed by atoms with Gasteiger partial charge in [-0.2, -0.15) is 4.98 Å². The number of halogens is 2. The van der Waals surface area contributed by atoms with E-state index in [2.05, 4.69) is 20.4 Å². The van der Waals surface area contributed by atoms with Gasteiger partial charge >= 0.3 is 0 Å². The predicted octanol–water partition coefficient (Wildman–Crippen LogP) is 1.17. The van der Waals surface area contributed by atoms with Crippen molar-refractivity contribution in [3.63, 3.8) is 0 Å². The molecular weight excluding hydrogens is 294 g/mol. The zero-order valence-electron chi connectivity index (χ0n) is 11.1. The lowest BCUT2D eigenvalue weighted by Crippen LogP contribution is -2.17. The third-order valence-electron chi connectivity index (χ3n) is 2.86. The van der Waals surface area contributed by atoms with E-state index in [0.717, 1.165) is 12.1 Å². The minimum atomic E-state index is -1.02. The number of benzene rings is 1. The predicted molar refractivity (Wildman–Crippen MR) is 73.9 cm³/mol. The molecule has 1 aromatic carbocycles. The van der Waals surface area contributed by atoms with E-state index < -0.39 is 23.2 Å².